The minimum Gasteiger partial charge on any atom is -0.493 e. The van der Waals surface area contributed by atoms with Gasteiger partial charge in [-0.3, -0.25) is 14.6 Å². The molecule has 4 heterocycles. The SMILES string of the molecule is COC(=O)C(Cc1ccc(-c2ccnc(C)c2C)cc1)NC(=O)[C@@H]1Cc2cc3c(cc2CN1C(=O)c1nc(C)oc1C)O[C@@H](c1ccc(OCC2CCCCC2)cc1)CO3. The van der Waals surface area contributed by atoms with E-state index in [4.69, 9.17) is 23.4 Å². The van der Waals surface area contributed by atoms with Crippen LogP contribution in [0.4, 0.5) is 0 Å². The van der Waals surface area contributed by atoms with Gasteiger partial charge in [0.05, 0.1) is 13.7 Å². The van der Waals surface area contributed by atoms with Crippen LogP contribution in [0.25, 0.3) is 11.1 Å². The lowest BCUT2D eigenvalue weighted by atomic mass is 9.90. The Balaban J connectivity index is 1.00. The normalized spacial score (nSPS) is 18.0. The molecule has 312 valence electrons. The van der Waals surface area contributed by atoms with E-state index in [1.165, 1.54) is 44.1 Å². The Morgan fingerprint density at radius 3 is 2.38 bits per heavy atom. The highest BCUT2D eigenvalue weighted by atomic mass is 16.6. The van der Waals surface area contributed by atoms with Crippen LogP contribution in [0.5, 0.6) is 17.2 Å². The van der Waals surface area contributed by atoms with E-state index in [2.05, 4.69) is 15.3 Å². The van der Waals surface area contributed by atoms with Crippen molar-refractivity contribution in [2.45, 2.75) is 97.4 Å². The first-order chi connectivity index (χ1) is 29.0. The number of esters is 1. The predicted molar refractivity (Wildman–Crippen MR) is 224 cm³/mol. The maximum absolute atomic E-state index is 14.4. The fourth-order valence-corrected chi connectivity index (χ4v) is 8.59. The van der Waals surface area contributed by atoms with E-state index in [-0.39, 0.29) is 31.2 Å². The fourth-order valence-electron chi connectivity index (χ4n) is 8.59. The van der Waals surface area contributed by atoms with Crippen molar-refractivity contribution >= 4 is 17.8 Å². The van der Waals surface area contributed by atoms with Gasteiger partial charge in [-0.05, 0) is 109 Å². The van der Waals surface area contributed by atoms with Crippen molar-refractivity contribution < 1.29 is 37.7 Å². The maximum atomic E-state index is 14.4. The molecule has 1 N–H and O–H groups in total. The number of fused-ring (bicyclic) bond motifs is 2. The van der Waals surface area contributed by atoms with E-state index in [9.17, 15) is 14.4 Å². The summed E-state index contributed by atoms with van der Waals surface area (Å²) >= 11 is 0. The second-order valence-corrected chi connectivity index (χ2v) is 16.2. The highest BCUT2D eigenvalue weighted by molar-refractivity contribution is 5.98. The van der Waals surface area contributed by atoms with Crippen molar-refractivity contribution in [3.8, 4) is 28.4 Å². The van der Waals surface area contributed by atoms with Crippen LogP contribution >= 0.6 is 0 Å². The molecule has 8 rings (SSSR count). The molecule has 2 aliphatic heterocycles. The molecule has 12 nitrogen and oxygen atoms in total. The number of hydrogen-bond donors (Lipinski definition) is 1. The number of amides is 2. The summed E-state index contributed by atoms with van der Waals surface area (Å²) in [6.07, 6.45) is 8.13. The summed E-state index contributed by atoms with van der Waals surface area (Å²) in [5, 5.41) is 2.93. The summed E-state index contributed by atoms with van der Waals surface area (Å²) in [5.41, 5.74) is 7.70. The highest BCUT2D eigenvalue weighted by Gasteiger charge is 2.39. The molecule has 3 aromatic carbocycles. The van der Waals surface area contributed by atoms with Gasteiger partial charge in [0.15, 0.2) is 29.2 Å². The molecule has 1 saturated carbocycles. The van der Waals surface area contributed by atoms with Crippen LogP contribution in [0.3, 0.4) is 0 Å². The Morgan fingerprint density at radius 2 is 1.67 bits per heavy atom. The lowest BCUT2D eigenvalue weighted by molar-refractivity contribution is -0.145. The topological polar surface area (TPSA) is 142 Å². The van der Waals surface area contributed by atoms with Gasteiger partial charge in [0.25, 0.3) is 5.91 Å². The number of nitrogens with one attached hydrogen (secondary N) is 1. The fraction of sp³-hybridized carbons (Fsp3) is 0.396. The largest absolute Gasteiger partial charge is 0.493 e. The molecule has 2 amide bonds. The van der Waals surface area contributed by atoms with Gasteiger partial charge in [0, 0.05) is 38.2 Å². The number of rotatable bonds is 11. The number of carbonyl (C=O) groups is 3. The average Bonchev–Trinajstić information content (AvgIpc) is 3.62. The van der Waals surface area contributed by atoms with E-state index >= 15 is 0 Å². The van der Waals surface area contributed by atoms with Crippen LogP contribution < -0.4 is 19.5 Å². The van der Waals surface area contributed by atoms with E-state index in [1.54, 1.807) is 20.0 Å². The van der Waals surface area contributed by atoms with Crippen LogP contribution in [0, 0.1) is 33.6 Å². The third-order valence-electron chi connectivity index (χ3n) is 12.2. The first-order valence-corrected chi connectivity index (χ1v) is 20.9. The number of benzene rings is 3. The zero-order valence-corrected chi connectivity index (χ0v) is 34.9. The molecule has 1 aliphatic carbocycles. The van der Waals surface area contributed by atoms with Crippen LogP contribution in [0.15, 0.2) is 77.3 Å². The summed E-state index contributed by atoms with van der Waals surface area (Å²) in [6.45, 7) is 8.49. The number of oxazole rings is 1. The van der Waals surface area contributed by atoms with Crippen molar-refractivity contribution in [2.75, 3.05) is 20.3 Å². The zero-order valence-electron chi connectivity index (χ0n) is 34.9. The smallest absolute Gasteiger partial charge is 0.328 e. The lowest BCUT2D eigenvalue weighted by Crippen LogP contribution is -2.56. The summed E-state index contributed by atoms with van der Waals surface area (Å²) in [6, 6.07) is 19.6. The predicted octanol–water partition coefficient (Wildman–Crippen LogP) is 7.91. The number of methoxy groups -OCH3 is 1. The maximum Gasteiger partial charge on any atom is 0.328 e. The quantitative estimate of drug-likeness (QED) is 0.131. The van der Waals surface area contributed by atoms with Crippen LogP contribution in [0.2, 0.25) is 0 Å². The van der Waals surface area contributed by atoms with Crippen molar-refractivity contribution in [3.63, 3.8) is 0 Å². The van der Waals surface area contributed by atoms with E-state index in [0.717, 1.165) is 57.0 Å². The monoisotopic (exact) mass is 812 g/mol. The molecular weight excluding hydrogens is 761 g/mol. The molecule has 0 radical (unpaired) electrons. The molecule has 1 unspecified atom stereocenters. The van der Waals surface area contributed by atoms with Gasteiger partial charge in [-0.1, -0.05) is 55.7 Å². The van der Waals surface area contributed by atoms with E-state index < -0.39 is 29.9 Å². The highest BCUT2D eigenvalue weighted by Crippen LogP contribution is 2.41. The summed E-state index contributed by atoms with van der Waals surface area (Å²) < 4.78 is 29.7. The number of carbonyl (C=O) groups excluding carboxylic acids is 3. The number of ether oxygens (including phenoxy) is 4. The van der Waals surface area contributed by atoms with E-state index in [1.807, 2.05) is 80.6 Å². The van der Waals surface area contributed by atoms with Crippen LogP contribution in [-0.4, -0.2) is 65.1 Å². The Hall–Kier alpha value is -6.17. The van der Waals surface area contributed by atoms with Crippen LogP contribution in [0.1, 0.15) is 93.9 Å². The van der Waals surface area contributed by atoms with Gasteiger partial charge in [-0.15, -0.1) is 0 Å². The second-order valence-electron chi connectivity index (χ2n) is 16.2. The minimum absolute atomic E-state index is 0.0875. The van der Waals surface area contributed by atoms with Crippen LogP contribution in [-0.2, 0) is 33.7 Å². The van der Waals surface area contributed by atoms with Crippen molar-refractivity contribution in [1.29, 1.82) is 0 Å². The summed E-state index contributed by atoms with van der Waals surface area (Å²) in [5.74, 6) is 1.72. The molecule has 0 bridgehead atoms. The third-order valence-corrected chi connectivity index (χ3v) is 12.2. The first kappa shape index (κ1) is 40.6. The zero-order chi connectivity index (χ0) is 41.9. The Bertz CT molecular complexity index is 2370. The average molecular weight is 813 g/mol. The molecular formula is C48H52N4O8. The summed E-state index contributed by atoms with van der Waals surface area (Å²) in [7, 11) is 1.29. The number of pyridine rings is 1. The standard InChI is InChI=1S/C48H52N4O8/c1-28-29(2)49-20-19-39(28)34-13-11-32(12-14-34)21-40(48(55)56-5)51-46(53)41-22-36-23-42-43(24-37(36)25-52(41)47(54)45-30(3)59-31(4)50-45)60-44(27-58-42)35-15-17-38(18-16-35)57-26-33-9-7-6-8-10-33/h11-20,23-24,33,40-41,44H,6-10,21-22,25-27H2,1-5H3,(H,51,53)/t40?,41-,44+/m0/s1. The second kappa shape index (κ2) is 17.6. The first-order valence-electron chi connectivity index (χ1n) is 20.9. The van der Waals surface area contributed by atoms with Crippen molar-refractivity contribution in [1.82, 2.24) is 20.2 Å². The van der Waals surface area contributed by atoms with Gasteiger partial charge >= 0.3 is 5.97 Å². The Morgan fingerprint density at radius 1 is 0.917 bits per heavy atom. The lowest BCUT2D eigenvalue weighted by Gasteiger charge is -2.37. The Labute approximate surface area is 350 Å². The van der Waals surface area contributed by atoms with Crippen molar-refractivity contribution in [2.24, 2.45) is 5.92 Å². The number of nitrogens with zero attached hydrogens (tertiary/aromatic N) is 3. The van der Waals surface area contributed by atoms with Gasteiger partial charge < -0.3 is 33.6 Å². The van der Waals surface area contributed by atoms with Gasteiger partial charge in [-0.25, -0.2) is 9.78 Å². The molecule has 60 heavy (non-hydrogen) atoms. The molecule has 1 fully saturated rings. The molecule has 2 aromatic heterocycles. The number of hydrogen-bond acceptors (Lipinski definition) is 10. The molecule has 3 atom stereocenters. The molecule has 0 saturated heterocycles. The molecule has 12 heteroatoms. The molecule has 5 aromatic rings. The van der Waals surface area contributed by atoms with Crippen molar-refractivity contribution in [3.05, 3.63) is 124 Å². The molecule has 0 spiro atoms. The Kier molecular flexibility index (Phi) is 11.9. The number of aromatic nitrogens is 2. The number of aryl methyl sites for hydroxylation is 3. The summed E-state index contributed by atoms with van der Waals surface area (Å²) in [4.78, 5) is 52.1. The van der Waals surface area contributed by atoms with Gasteiger partial charge in [0.2, 0.25) is 5.91 Å². The third kappa shape index (κ3) is 8.73. The van der Waals surface area contributed by atoms with Gasteiger partial charge in [-0.2, -0.15) is 0 Å². The molecule has 3 aliphatic rings. The van der Waals surface area contributed by atoms with Gasteiger partial charge in [0.1, 0.15) is 30.2 Å². The minimum atomic E-state index is -1.01. The van der Waals surface area contributed by atoms with E-state index in [0.29, 0.717) is 35.7 Å².